The normalized spacial score (nSPS) is 11.7. The highest BCUT2D eigenvalue weighted by Crippen LogP contribution is 2.27. The molecule has 0 aliphatic rings. The summed E-state index contributed by atoms with van der Waals surface area (Å²) in [7, 11) is 0. The Kier molecular flexibility index (Phi) is 6.87. The molecule has 0 aliphatic carbocycles. The molecule has 1 heterocycles. The third-order valence-corrected chi connectivity index (χ3v) is 4.52. The lowest BCUT2D eigenvalue weighted by atomic mass is 10.0. The molecule has 3 aromatic rings. The number of carbonyl (C=O) groups is 1. The fraction of sp³-hybridized carbons (Fsp3) is 0.143. The predicted molar refractivity (Wildman–Crippen MR) is 113 cm³/mol. The number of nitrogens with zero attached hydrogens (tertiary/aromatic N) is 1. The molecular weight excluding hydrogens is 397 g/mol. The van der Waals surface area contributed by atoms with Gasteiger partial charge in [0.2, 0.25) is 0 Å². The van der Waals surface area contributed by atoms with Gasteiger partial charge in [-0.25, -0.2) is 4.79 Å². The highest BCUT2D eigenvalue weighted by Gasteiger charge is 2.17. The van der Waals surface area contributed by atoms with E-state index < -0.39 is 12.2 Å². The van der Waals surface area contributed by atoms with E-state index in [4.69, 9.17) is 33.7 Å². The Morgan fingerprint density at radius 1 is 1.00 bits per heavy atom. The van der Waals surface area contributed by atoms with Crippen LogP contribution in [0.3, 0.4) is 0 Å². The molecule has 1 amide bonds. The van der Waals surface area contributed by atoms with Crippen molar-refractivity contribution < 1.29 is 9.53 Å². The summed E-state index contributed by atoms with van der Waals surface area (Å²) in [6, 6.07) is 16.5. The Hall–Kier alpha value is -2.60. The summed E-state index contributed by atoms with van der Waals surface area (Å²) >= 11 is 11.9. The second kappa shape index (κ2) is 9.55. The van der Waals surface area contributed by atoms with E-state index in [1.54, 1.807) is 30.6 Å². The summed E-state index contributed by atoms with van der Waals surface area (Å²) in [5.74, 6) is 0. The Bertz CT molecular complexity index is 914. The number of benzene rings is 2. The second-order valence-electron chi connectivity index (χ2n) is 6.11. The van der Waals surface area contributed by atoms with E-state index in [1.807, 2.05) is 36.4 Å². The van der Waals surface area contributed by atoms with Crippen molar-refractivity contribution in [1.29, 1.82) is 0 Å². The Labute approximate surface area is 173 Å². The summed E-state index contributed by atoms with van der Waals surface area (Å²) < 4.78 is 5.58. The minimum atomic E-state index is -0.602. The Morgan fingerprint density at radius 3 is 2.21 bits per heavy atom. The zero-order chi connectivity index (χ0) is 19.9. The smallest absolute Gasteiger partial charge is 0.412 e. The lowest BCUT2D eigenvalue weighted by molar-refractivity contribution is 0.107. The predicted octanol–water partition coefficient (Wildman–Crippen LogP) is 5.69. The molecule has 2 aromatic carbocycles. The maximum atomic E-state index is 12.3. The molecule has 0 aliphatic heterocycles. The first kappa shape index (κ1) is 20.1. The molecule has 5 nitrogen and oxygen atoms in total. The van der Waals surface area contributed by atoms with E-state index in [0.29, 0.717) is 28.7 Å². The van der Waals surface area contributed by atoms with Gasteiger partial charge >= 0.3 is 6.09 Å². The number of carbonyl (C=O) groups excluding carboxylic acids is 1. The van der Waals surface area contributed by atoms with Crippen LogP contribution >= 0.6 is 23.2 Å². The van der Waals surface area contributed by atoms with E-state index in [2.05, 4.69) is 10.3 Å². The zero-order valence-electron chi connectivity index (χ0n) is 14.9. The van der Waals surface area contributed by atoms with Crippen LogP contribution in [-0.4, -0.2) is 17.6 Å². The minimum Gasteiger partial charge on any atom is -0.441 e. The third kappa shape index (κ3) is 5.45. The van der Waals surface area contributed by atoms with Gasteiger partial charge < -0.3 is 10.5 Å². The van der Waals surface area contributed by atoms with Gasteiger partial charge in [0.1, 0.15) is 6.10 Å². The van der Waals surface area contributed by atoms with Crippen molar-refractivity contribution in [2.75, 3.05) is 11.9 Å². The summed E-state index contributed by atoms with van der Waals surface area (Å²) in [5, 5.41) is 3.49. The van der Waals surface area contributed by atoms with Crippen LogP contribution in [0.2, 0.25) is 10.0 Å². The molecule has 7 heteroatoms. The number of pyridine rings is 1. The number of nitrogens with one attached hydrogen (secondary N) is 1. The van der Waals surface area contributed by atoms with E-state index in [0.717, 1.165) is 16.7 Å². The second-order valence-corrected chi connectivity index (χ2v) is 6.99. The quantitative estimate of drug-likeness (QED) is 0.541. The van der Waals surface area contributed by atoms with Gasteiger partial charge in [-0.2, -0.15) is 0 Å². The number of hydrogen-bond acceptors (Lipinski definition) is 4. The van der Waals surface area contributed by atoms with Crippen molar-refractivity contribution in [2.45, 2.75) is 12.5 Å². The monoisotopic (exact) mass is 415 g/mol. The summed E-state index contributed by atoms with van der Waals surface area (Å²) in [6.45, 7) is 0.382. The number of nitrogens with two attached hydrogens (primary N) is 1. The highest BCUT2D eigenvalue weighted by atomic mass is 35.5. The molecule has 0 bridgehead atoms. The van der Waals surface area contributed by atoms with Crippen LogP contribution in [0.4, 0.5) is 10.5 Å². The molecule has 0 spiro atoms. The van der Waals surface area contributed by atoms with Crippen LogP contribution in [0.15, 0.2) is 67.0 Å². The van der Waals surface area contributed by atoms with E-state index >= 15 is 0 Å². The van der Waals surface area contributed by atoms with E-state index in [9.17, 15) is 4.79 Å². The SMILES string of the molecule is NCCC(OC(=O)Nc1cc(Cl)cc(Cl)c1)c1ccc(-c2ccncc2)cc1. The van der Waals surface area contributed by atoms with Crippen molar-refractivity contribution in [3.8, 4) is 11.1 Å². The van der Waals surface area contributed by atoms with Gasteiger partial charge in [-0.15, -0.1) is 0 Å². The third-order valence-electron chi connectivity index (χ3n) is 4.08. The maximum Gasteiger partial charge on any atom is 0.412 e. The van der Waals surface area contributed by atoms with Crippen LogP contribution in [-0.2, 0) is 4.74 Å². The first-order valence-electron chi connectivity index (χ1n) is 8.69. The van der Waals surface area contributed by atoms with Crippen molar-refractivity contribution in [3.05, 3.63) is 82.6 Å². The fourth-order valence-corrected chi connectivity index (χ4v) is 3.31. The van der Waals surface area contributed by atoms with Gasteiger partial charge in [0.15, 0.2) is 0 Å². The molecule has 0 radical (unpaired) electrons. The van der Waals surface area contributed by atoms with Gasteiger partial charge in [0.05, 0.1) is 0 Å². The van der Waals surface area contributed by atoms with E-state index in [-0.39, 0.29) is 0 Å². The van der Waals surface area contributed by atoms with Gasteiger partial charge in [-0.1, -0.05) is 47.5 Å². The van der Waals surface area contributed by atoms with Crippen LogP contribution in [0, 0.1) is 0 Å². The fourth-order valence-electron chi connectivity index (χ4n) is 2.78. The lowest BCUT2D eigenvalue weighted by Crippen LogP contribution is -2.19. The number of hydrogen-bond donors (Lipinski definition) is 2. The average molecular weight is 416 g/mol. The van der Waals surface area contributed by atoms with Crippen molar-refractivity contribution in [2.24, 2.45) is 5.73 Å². The minimum absolute atomic E-state index is 0.382. The van der Waals surface area contributed by atoms with Crippen molar-refractivity contribution in [1.82, 2.24) is 4.98 Å². The Morgan fingerprint density at radius 2 is 1.61 bits per heavy atom. The molecule has 0 fully saturated rings. The molecule has 1 atom stereocenters. The number of halogens is 2. The molecule has 28 heavy (non-hydrogen) atoms. The summed E-state index contributed by atoms with van der Waals surface area (Å²) in [4.78, 5) is 16.3. The molecule has 1 aromatic heterocycles. The molecule has 1 unspecified atom stereocenters. The molecule has 3 rings (SSSR count). The zero-order valence-corrected chi connectivity index (χ0v) is 16.5. The van der Waals surface area contributed by atoms with Crippen LogP contribution in [0.1, 0.15) is 18.1 Å². The molecule has 0 saturated heterocycles. The van der Waals surface area contributed by atoms with Crippen LogP contribution in [0.25, 0.3) is 11.1 Å². The highest BCUT2D eigenvalue weighted by molar-refractivity contribution is 6.35. The largest absolute Gasteiger partial charge is 0.441 e. The van der Waals surface area contributed by atoms with Crippen LogP contribution < -0.4 is 11.1 Å². The maximum absolute atomic E-state index is 12.3. The van der Waals surface area contributed by atoms with Crippen molar-refractivity contribution in [3.63, 3.8) is 0 Å². The standard InChI is InChI=1S/C21H19Cl2N3O2/c22-17-11-18(23)13-19(12-17)26-21(27)28-20(5-8-24)16-3-1-14(2-4-16)15-6-9-25-10-7-15/h1-4,6-7,9-13,20H,5,8,24H2,(H,26,27). The molecule has 3 N–H and O–H groups in total. The van der Waals surface area contributed by atoms with Crippen LogP contribution in [0.5, 0.6) is 0 Å². The van der Waals surface area contributed by atoms with E-state index in [1.165, 1.54) is 0 Å². The van der Waals surface area contributed by atoms with Gasteiger partial charge in [0.25, 0.3) is 0 Å². The van der Waals surface area contributed by atoms with Gasteiger partial charge in [-0.05, 0) is 53.6 Å². The number of amides is 1. The summed E-state index contributed by atoms with van der Waals surface area (Å²) in [5.41, 5.74) is 9.14. The Balaban J connectivity index is 1.71. The van der Waals surface area contributed by atoms with Crippen molar-refractivity contribution >= 4 is 35.0 Å². The molecular formula is C21H19Cl2N3O2. The summed E-state index contributed by atoms with van der Waals surface area (Å²) in [6.07, 6.45) is 2.92. The van der Waals surface area contributed by atoms with Gasteiger partial charge in [-0.3, -0.25) is 10.3 Å². The number of aromatic nitrogens is 1. The van der Waals surface area contributed by atoms with Gasteiger partial charge in [0, 0.05) is 34.5 Å². The molecule has 144 valence electrons. The number of anilines is 1. The number of rotatable bonds is 6. The topological polar surface area (TPSA) is 77.2 Å². The number of ether oxygens (including phenoxy) is 1. The first-order chi connectivity index (χ1) is 13.5. The lowest BCUT2D eigenvalue weighted by Gasteiger charge is -2.18. The molecule has 0 saturated carbocycles. The average Bonchev–Trinajstić information content (AvgIpc) is 2.67. The first-order valence-corrected chi connectivity index (χ1v) is 9.45.